The third kappa shape index (κ3) is 6.76. The molecule has 0 aliphatic heterocycles. The molecule has 0 saturated heterocycles. The van der Waals surface area contributed by atoms with Crippen LogP contribution in [0.4, 0.5) is 5.69 Å². The molecule has 0 spiro atoms. The smallest absolute Gasteiger partial charge is 0.228 e. The second-order valence-corrected chi connectivity index (χ2v) is 6.99. The van der Waals surface area contributed by atoms with Crippen molar-refractivity contribution in [3.63, 3.8) is 0 Å². The van der Waals surface area contributed by atoms with Gasteiger partial charge >= 0.3 is 0 Å². The van der Waals surface area contributed by atoms with Gasteiger partial charge in [0.05, 0.1) is 5.92 Å². The van der Waals surface area contributed by atoms with Crippen LogP contribution in [0.1, 0.15) is 52.5 Å². The zero-order valence-corrected chi connectivity index (χ0v) is 13.9. The predicted octanol–water partition coefficient (Wildman–Crippen LogP) is 3.98. The number of anilines is 1. The summed E-state index contributed by atoms with van der Waals surface area (Å²) in [5, 5.41) is 2.98. The Kier molecular flexibility index (Phi) is 6.90. The van der Waals surface area contributed by atoms with Crippen LogP contribution in [0.5, 0.6) is 0 Å². The lowest BCUT2D eigenvalue weighted by atomic mass is 9.84. The number of unbranched alkanes of at least 4 members (excludes halogenated alkanes) is 1. The van der Waals surface area contributed by atoms with Gasteiger partial charge in [-0.25, -0.2) is 0 Å². The minimum absolute atomic E-state index is 0.0220. The predicted molar refractivity (Wildman–Crippen MR) is 90.3 cm³/mol. The molecule has 1 aromatic rings. The molecular weight excluding hydrogens is 260 g/mol. The van der Waals surface area contributed by atoms with Gasteiger partial charge in [0.2, 0.25) is 5.91 Å². The molecule has 3 heteroatoms. The van der Waals surface area contributed by atoms with Crippen molar-refractivity contribution in [2.24, 2.45) is 17.1 Å². The monoisotopic (exact) mass is 290 g/mol. The van der Waals surface area contributed by atoms with E-state index in [9.17, 15) is 4.79 Å². The molecule has 0 saturated carbocycles. The summed E-state index contributed by atoms with van der Waals surface area (Å²) in [4.78, 5) is 12.3. The number of hydrogen-bond acceptors (Lipinski definition) is 2. The Morgan fingerprint density at radius 2 is 1.86 bits per heavy atom. The van der Waals surface area contributed by atoms with E-state index in [1.807, 2.05) is 12.1 Å². The fourth-order valence-electron chi connectivity index (χ4n) is 2.40. The summed E-state index contributed by atoms with van der Waals surface area (Å²) in [6, 6.07) is 8.14. The van der Waals surface area contributed by atoms with E-state index in [1.165, 1.54) is 18.4 Å². The molecule has 1 unspecified atom stereocenters. The maximum atomic E-state index is 12.3. The molecule has 0 aliphatic rings. The molecule has 3 nitrogen and oxygen atoms in total. The molecule has 1 aromatic carbocycles. The Morgan fingerprint density at radius 1 is 1.24 bits per heavy atom. The van der Waals surface area contributed by atoms with E-state index >= 15 is 0 Å². The average Bonchev–Trinajstić information content (AvgIpc) is 2.43. The van der Waals surface area contributed by atoms with Crippen LogP contribution < -0.4 is 11.1 Å². The number of benzene rings is 1. The number of nitrogens with two attached hydrogens (primary N) is 1. The van der Waals surface area contributed by atoms with E-state index in [1.54, 1.807) is 0 Å². The van der Waals surface area contributed by atoms with Crippen LogP contribution in [0.15, 0.2) is 24.3 Å². The number of rotatable bonds is 7. The van der Waals surface area contributed by atoms with Crippen LogP contribution in [0.25, 0.3) is 0 Å². The van der Waals surface area contributed by atoms with E-state index < -0.39 is 0 Å². The van der Waals surface area contributed by atoms with Gasteiger partial charge in [-0.2, -0.15) is 0 Å². The number of nitrogens with one attached hydrogen (secondary N) is 1. The molecule has 1 atom stereocenters. The SMILES string of the molecule is CCCCc1ccc(NC(=O)C(CN)CC(C)(C)C)cc1. The molecule has 0 heterocycles. The standard InChI is InChI=1S/C18H30N2O/c1-5-6-7-14-8-10-16(11-9-14)20-17(21)15(13-19)12-18(2,3)4/h8-11,15H,5-7,12-13,19H2,1-4H3,(H,20,21). The Bertz CT molecular complexity index is 432. The zero-order chi connectivity index (χ0) is 15.9. The lowest BCUT2D eigenvalue weighted by molar-refractivity contribution is -0.120. The highest BCUT2D eigenvalue weighted by molar-refractivity contribution is 5.92. The van der Waals surface area contributed by atoms with Crippen molar-refractivity contribution in [3.8, 4) is 0 Å². The molecule has 1 rings (SSSR count). The largest absolute Gasteiger partial charge is 0.330 e. The lowest BCUT2D eigenvalue weighted by Crippen LogP contribution is -2.32. The van der Waals surface area contributed by atoms with E-state index in [2.05, 4.69) is 45.1 Å². The van der Waals surface area contributed by atoms with E-state index in [4.69, 9.17) is 5.73 Å². The third-order valence-corrected chi connectivity index (χ3v) is 3.55. The van der Waals surface area contributed by atoms with Crippen molar-refractivity contribution in [2.75, 3.05) is 11.9 Å². The number of hydrogen-bond donors (Lipinski definition) is 2. The van der Waals surface area contributed by atoms with Crippen molar-refractivity contribution < 1.29 is 4.79 Å². The van der Waals surface area contributed by atoms with Crippen LogP contribution in [-0.2, 0) is 11.2 Å². The summed E-state index contributed by atoms with van der Waals surface area (Å²) in [5.41, 5.74) is 8.03. The Labute approximate surface area is 129 Å². The topological polar surface area (TPSA) is 55.1 Å². The van der Waals surface area contributed by atoms with Gasteiger partial charge in [0.15, 0.2) is 0 Å². The van der Waals surface area contributed by atoms with Crippen LogP contribution >= 0.6 is 0 Å². The molecule has 1 amide bonds. The first-order valence-corrected chi connectivity index (χ1v) is 7.95. The summed E-state index contributed by atoms with van der Waals surface area (Å²) in [7, 11) is 0. The number of amides is 1. The number of carbonyl (C=O) groups excluding carboxylic acids is 1. The fourth-order valence-corrected chi connectivity index (χ4v) is 2.40. The van der Waals surface area contributed by atoms with Gasteiger partial charge in [-0.05, 0) is 42.4 Å². The second-order valence-electron chi connectivity index (χ2n) is 6.99. The minimum Gasteiger partial charge on any atom is -0.330 e. The fraction of sp³-hybridized carbons (Fsp3) is 0.611. The molecule has 118 valence electrons. The van der Waals surface area contributed by atoms with Crippen molar-refractivity contribution >= 4 is 11.6 Å². The first kappa shape index (κ1) is 17.7. The molecule has 0 bridgehead atoms. The van der Waals surface area contributed by atoms with Crippen molar-refractivity contribution in [1.82, 2.24) is 0 Å². The first-order valence-electron chi connectivity index (χ1n) is 7.95. The van der Waals surface area contributed by atoms with Crippen LogP contribution in [0, 0.1) is 11.3 Å². The summed E-state index contributed by atoms with van der Waals surface area (Å²) in [6.07, 6.45) is 4.29. The molecule has 0 aliphatic carbocycles. The summed E-state index contributed by atoms with van der Waals surface area (Å²) in [6.45, 7) is 8.97. The van der Waals surface area contributed by atoms with E-state index in [0.717, 1.165) is 18.5 Å². The normalized spacial score (nSPS) is 13.0. The number of carbonyl (C=O) groups is 1. The summed E-state index contributed by atoms with van der Waals surface area (Å²) < 4.78 is 0. The first-order chi connectivity index (χ1) is 9.85. The van der Waals surface area contributed by atoms with Crippen molar-refractivity contribution in [3.05, 3.63) is 29.8 Å². The summed E-state index contributed by atoms with van der Waals surface area (Å²) in [5.74, 6) is -0.112. The van der Waals surface area contributed by atoms with Gasteiger partial charge in [0.25, 0.3) is 0 Å². The molecule has 21 heavy (non-hydrogen) atoms. The maximum Gasteiger partial charge on any atom is 0.228 e. The van der Waals surface area contributed by atoms with Crippen LogP contribution in [-0.4, -0.2) is 12.5 Å². The highest BCUT2D eigenvalue weighted by atomic mass is 16.1. The van der Waals surface area contributed by atoms with Crippen LogP contribution in [0.2, 0.25) is 0 Å². The molecule has 0 aromatic heterocycles. The maximum absolute atomic E-state index is 12.3. The Morgan fingerprint density at radius 3 is 2.33 bits per heavy atom. The van der Waals surface area contributed by atoms with Crippen molar-refractivity contribution in [2.45, 2.75) is 53.4 Å². The van der Waals surface area contributed by atoms with E-state index in [-0.39, 0.29) is 17.2 Å². The highest BCUT2D eigenvalue weighted by Crippen LogP contribution is 2.25. The Hall–Kier alpha value is -1.35. The highest BCUT2D eigenvalue weighted by Gasteiger charge is 2.23. The quantitative estimate of drug-likeness (QED) is 0.798. The van der Waals surface area contributed by atoms with Gasteiger partial charge in [-0.1, -0.05) is 46.2 Å². The molecule has 0 radical (unpaired) electrons. The molecule has 3 N–H and O–H groups in total. The van der Waals surface area contributed by atoms with Gasteiger partial charge in [0.1, 0.15) is 0 Å². The van der Waals surface area contributed by atoms with Crippen LogP contribution in [0.3, 0.4) is 0 Å². The second kappa shape index (κ2) is 8.18. The zero-order valence-electron chi connectivity index (χ0n) is 13.9. The lowest BCUT2D eigenvalue weighted by Gasteiger charge is -2.24. The minimum atomic E-state index is -0.134. The number of aryl methyl sites for hydroxylation is 1. The average molecular weight is 290 g/mol. The van der Waals surface area contributed by atoms with Gasteiger partial charge in [0, 0.05) is 12.2 Å². The third-order valence-electron chi connectivity index (χ3n) is 3.55. The van der Waals surface area contributed by atoms with Gasteiger partial charge in [-0.15, -0.1) is 0 Å². The molecular formula is C18H30N2O. The Balaban J connectivity index is 2.60. The van der Waals surface area contributed by atoms with Gasteiger partial charge < -0.3 is 11.1 Å². The van der Waals surface area contributed by atoms with E-state index in [0.29, 0.717) is 6.54 Å². The van der Waals surface area contributed by atoms with Gasteiger partial charge in [-0.3, -0.25) is 4.79 Å². The summed E-state index contributed by atoms with van der Waals surface area (Å²) >= 11 is 0. The van der Waals surface area contributed by atoms with Crippen molar-refractivity contribution in [1.29, 1.82) is 0 Å². The molecule has 0 fully saturated rings.